The van der Waals surface area contributed by atoms with Crippen molar-refractivity contribution in [3.8, 4) is 0 Å². The molecule has 0 nitrogen and oxygen atoms in total. The third-order valence-electron chi connectivity index (χ3n) is 2.32. The van der Waals surface area contributed by atoms with E-state index < -0.39 is 0 Å². The van der Waals surface area contributed by atoms with Crippen molar-refractivity contribution in [3.05, 3.63) is 68.6 Å². The summed E-state index contributed by atoms with van der Waals surface area (Å²) in [6.07, 6.45) is 0. The molecule has 0 aromatic heterocycles. The third kappa shape index (κ3) is 2.68. The van der Waals surface area contributed by atoms with Crippen molar-refractivity contribution in [1.82, 2.24) is 0 Å². The number of halogens is 3. The van der Waals surface area contributed by atoms with Gasteiger partial charge in [0, 0.05) is 8.95 Å². The van der Waals surface area contributed by atoms with Gasteiger partial charge >= 0.3 is 0 Å². The Labute approximate surface area is 117 Å². The minimum atomic E-state index is -0.131. The van der Waals surface area contributed by atoms with Crippen molar-refractivity contribution >= 4 is 43.5 Å². The van der Waals surface area contributed by atoms with Crippen LogP contribution in [0.5, 0.6) is 0 Å². The minimum absolute atomic E-state index is 0.131. The molecule has 1 unspecified atom stereocenters. The van der Waals surface area contributed by atoms with Gasteiger partial charge in [0.15, 0.2) is 0 Å². The lowest BCUT2D eigenvalue weighted by Gasteiger charge is -2.12. The van der Waals surface area contributed by atoms with Crippen LogP contribution in [0.25, 0.3) is 0 Å². The van der Waals surface area contributed by atoms with Crippen LogP contribution in [0.2, 0.25) is 0 Å². The molecule has 0 bridgehead atoms. The second kappa shape index (κ2) is 5.35. The molecule has 0 radical (unpaired) electrons. The monoisotopic (exact) mass is 358 g/mol. The molecule has 0 saturated carbocycles. The zero-order valence-electron chi connectivity index (χ0n) is 8.33. The van der Waals surface area contributed by atoms with E-state index in [4.69, 9.17) is 11.6 Å². The summed E-state index contributed by atoms with van der Waals surface area (Å²) in [5, 5.41) is -0.131. The second-order valence-corrected chi connectivity index (χ2v) is 5.65. The van der Waals surface area contributed by atoms with Crippen molar-refractivity contribution in [2.75, 3.05) is 0 Å². The topological polar surface area (TPSA) is 0 Å². The fourth-order valence-corrected chi connectivity index (χ4v) is 2.82. The smallest absolute Gasteiger partial charge is 0.0846 e. The Balaban J connectivity index is 2.41. The summed E-state index contributed by atoms with van der Waals surface area (Å²) < 4.78 is 2.06. The highest BCUT2D eigenvalue weighted by molar-refractivity contribution is 9.11. The van der Waals surface area contributed by atoms with Crippen molar-refractivity contribution in [3.63, 3.8) is 0 Å². The molecule has 0 saturated heterocycles. The average molecular weight is 360 g/mol. The number of hydrogen-bond acceptors (Lipinski definition) is 0. The van der Waals surface area contributed by atoms with Gasteiger partial charge in [-0.15, -0.1) is 11.6 Å². The molecule has 0 aliphatic heterocycles. The Morgan fingerprint density at radius 1 is 0.938 bits per heavy atom. The van der Waals surface area contributed by atoms with Gasteiger partial charge in [-0.05, 0) is 29.3 Å². The van der Waals surface area contributed by atoms with Crippen molar-refractivity contribution in [2.45, 2.75) is 5.38 Å². The first-order valence-corrected chi connectivity index (χ1v) is 6.84. The molecular weight excluding hydrogens is 351 g/mol. The number of rotatable bonds is 2. The molecule has 0 spiro atoms. The van der Waals surface area contributed by atoms with Gasteiger partial charge in [-0.25, -0.2) is 0 Å². The van der Waals surface area contributed by atoms with Gasteiger partial charge in [0.25, 0.3) is 0 Å². The fraction of sp³-hybridized carbons (Fsp3) is 0.0769. The lowest BCUT2D eigenvalue weighted by molar-refractivity contribution is 1.12. The molecule has 2 aromatic rings. The fourth-order valence-electron chi connectivity index (χ4n) is 1.51. The lowest BCUT2D eigenvalue weighted by Crippen LogP contribution is -1.94. The van der Waals surface area contributed by atoms with E-state index in [1.165, 1.54) is 0 Å². The molecular formula is C13H9Br2Cl. The molecule has 0 fully saturated rings. The second-order valence-electron chi connectivity index (χ2n) is 3.44. The molecule has 0 N–H and O–H groups in total. The number of benzene rings is 2. The molecule has 16 heavy (non-hydrogen) atoms. The summed E-state index contributed by atoms with van der Waals surface area (Å²) in [6, 6.07) is 16.1. The van der Waals surface area contributed by atoms with Gasteiger partial charge in [-0.1, -0.05) is 62.2 Å². The first kappa shape index (κ1) is 12.2. The van der Waals surface area contributed by atoms with E-state index in [-0.39, 0.29) is 5.38 Å². The predicted octanol–water partition coefficient (Wildman–Crippen LogP) is 5.54. The molecule has 82 valence electrons. The molecule has 2 aromatic carbocycles. The Morgan fingerprint density at radius 2 is 1.62 bits per heavy atom. The average Bonchev–Trinajstić information content (AvgIpc) is 2.32. The van der Waals surface area contributed by atoms with Crippen LogP contribution < -0.4 is 0 Å². The highest BCUT2D eigenvalue weighted by atomic mass is 79.9. The summed E-state index contributed by atoms with van der Waals surface area (Å²) in [5.41, 5.74) is 2.17. The Hall–Kier alpha value is -0.310. The maximum atomic E-state index is 6.46. The zero-order valence-corrected chi connectivity index (χ0v) is 12.3. The lowest BCUT2D eigenvalue weighted by atomic mass is 10.0. The standard InChI is InChI=1S/C13H9Br2Cl/c14-10-6-7-12(15)11(8-10)13(16)9-4-2-1-3-5-9/h1-8,13H. The molecule has 0 heterocycles. The van der Waals surface area contributed by atoms with E-state index >= 15 is 0 Å². The molecule has 3 heteroatoms. The third-order valence-corrected chi connectivity index (χ3v) is 4.03. The molecule has 0 aliphatic carbocycles. The molecule has 1 atom stereocenters. The summed E-state index contributed by atoms with van der Waals surface area (Å²) in [4.78, 5) is 0. The van der Waals surface area contributed by atoms with Crippen LogP contribution >= 0.6 is 43.5 Å². The van der Waals surface area contributed by atoms with Crippen molar-refractivity contribution in [1.29, 1.82) is 0 Å². The summed E-state index contributed by atoms with van der Waals surface area (Å²) in [7, 11) is 0. The first-order valence-electron chi connectivity index (χ1n) is 4.82. The summed E-state index contributed by atoms with van der Waals surface area (Å²) in [5.74, 6) is 0. The van der Waals surface area contributed by atoms with Crippen LogP contribution in [0.4, 0.5) is 0 Å². The summed E-state index contributed by atoms with van der Waals surface area (Å²) in [6.45, 7) is 0. The van der Waals surface area contributed by atoms with Gasteiger partial charge in [0.1, 0.15) is 0 Å². The SMILES string of the molecule is ClC(c1ccccc1)c1cc(Br)ccc1Br. The van der Waals surface area contributed by atoms with Crippen molar-refractivity contribution < 1.29 is 0 Å². The number of alkyl halides is 1. The number of hydrogen-bond donors (Lipinski definition) is 0. The van der Waals surface area contributed by atoms with E-state index in [1.807, 2.05) is 48.5 Å². The Kier molecular flexibility index (Phi) is 4.06. The largest absolute Gasteiger partial charge is 0.113 e. The summed E-state index contributed by atoms with van der Waals surface area (Å²) >= 11 is 13.4. The highest BCUT2D eigenvalue weighted by Crippen LogP contribution is 2.35. The highest BCUT2D eigenvalue weighted by Gasteiger charge is 2.13. The molecule has 2 rings (SSSR count). The van der Waals surface area contributed by atoms with Crippen molar-refractivity contribution in [2.24, 2.45) is 0 Å². The van der Waals surface area contributed by atoms with E-state index in [9.17, 15) is 0 Å². The van der Waals surface area contributed by atoms with Crippen LogP contribution in [0.3, 0.4) is 0 Å². The van der Waals surface area contributed by atoms with Gasteiger partial charge < -0.3 is 0 Å². The van der Waals surface area contributed by atoms with Crippen LogP contribution in [-0.4, -0.2) is 0 Å². The maximum Gasteiger partial charge on any atom is 0.0846 e. The van der Waals surface area contributed by atoms with Crippen LogP contribution in [-0.2, 0) is 0 Å². The quantitative estimate of drug-likeness (QED) is 0.617. The predicted molar refractivity (Wildman–Crippen MR) is 76.0 cm³/mol. The maximum absolute atomic E-state index is 6.46. The normalized spacial score (nSPS) is 12.4. The first-order chi connectivity index (χ1) is 7.68. The van der Waals surface area contributed by atoms with E-state index in [1.54, 1.807) is 0 Å². The Bertz CT molecular complexity index is 483. The van der Waals surface area contributed by atoms with E-state index in [0.717, 1.165) is 20.1 Å². The zero-order chi connectivity index (χ0) is 11.5. The van der Waals surface area contributed by atoms with Gasteiger partial charge in [0.05, 0.1) is 5.38 Å². The molecule has 0 aliphatic rings. The Morgan fingerprint density at radius 3 is 2.31 bits per heavy atom. The van der Waals surface area contributed by atoms with Crippen LogP contribution in [0.1, 0.15) is 16.5 Å². The van der Waals surface area contributed by atoms with Gasteiger partial charge in [-0.2, -0.15) is 0 Å². The van der Waals surface area contributed by atoms with E-state index in [2.05, 4.69) is 31.9 Å². The van der Waals surface area contributed by atoms with Gasteiger partial charge in [-0.3, -0.25) is 0 Å². The van der Waals surface area contributed by atoms with Crippen LogP contribution in [0.15, 0.2) is 57.5 Å². The van der Waals surface area contributed by atoms with Crippen LogP contribution in [0, 0.1) is 0 Å². The van der Waals surface area contributed by atoms with Gasteiger partial charge in [0.2, 0.25) is 0 Å². The van der Waals surface area contributed by atoms with E-state index in [0.29, 0.717) is 0 Å². The molecule has 0 amide bonds. The minimum Gasteiger partial charge on any atom is -0.113 e.